The molecule has 1 nitrogen and oxygen atoms in total. The van der Waals surface area contributed by atoms with Gasteiger partial charge in [0.15, 0.2) is 0 Å². The predicted molar refractivity (Wildman–Crippen MR) is 6.44 cm³/mol. The standard InChI is InChI=1S/La.O.Sn.W.Zn/q+3;-2;+4;;+2. The molecule has 0 heterocycles. The number of hydrogen-bond acceptors (Lipinski definition) is 0. The first-order valence-electron chi connectivity index (χ1n) is 0. The second-order valence-corrected chi connectivity index (χ2v) is 0. The molecule has 0 bridgehead atoms. The minimum absolute atomic E-state index is 0. The molecule has 5 heteroatoms. The summed E-state index contributed by atoms with van der Waals surface area (Å²) in [7, 11) is 0. The van der Waals surface area contributed by atoms with Crippen LogP contribution in [0.15, 0.2) is 0 Å². The van der Waals surface area contributed by atoms with E-state index in [2.05, 4.69) is 0 Å². The van der Waals surface area contributed by atoms with Gasteiger partial charge < -0.3 is 5.48 Å². The Morgan fingerprint density at radius 1 is 1.00 bits per heavy atom. The molecule has 0 radical (unpaired) electrons. The van der Waals surface area contributed by atoms with Crippen molar-refractivity contribution in [2.45, 2.75) is 0 Å². The summed E-state index contributed by atoms with van der Waals surface area (Å²) in [5.74, 6) is 0. The van der Waals surface area contributed by atoms with Crippen LogP contribution in [0.3, 0.4) is 0 Å². The van der Waals surface area contributed by atoms with Crippen LogP contribution in [0, 0.1) is 35.6 Å². The molecule has 0 aromatic heterocycles. The Hall–Kier alpha value is 3.27. The first kappa shape index (κ1) is 40.9. The Labute approximate surface area is 103 Å². The van der Waals surface area contributed by atoms with Gasteiger partial charge in [0, 0.05) is 21.1 Å². The Morgan fingerprint density at radius 3 is 1.00 bits per heavy atom. The van der Waals surface area contributed by atoms with Gasteiger partial charge in [-0.05, 0) is 0 Å². The monoisotopic (exact) mass is 523 g/mol. The second kappa shape index (κ2) is 26.7. The maximum Gasteiger partial charge on any atom is 4.00 e. The maximum atomic E-state index is 0. The van der Waals surface area contributed by atoms with Gasteiger partial charge in [-0.3, -0.25) is 0 Å². The summed E-state index contributed by atoms with van der Waals surface area (Å²) >= 11 is 0. The molecule has 14 valence electrons. The van der Waals surface area contributed by atoms with E-state index in [1.54, 1.807) is 0 Å². The van der Waals surface area contributed by atoms with Crippen LogP contribution in [0.4, 0.5) is 0 Å². The van der Waals surface area contributed by atoms with Gasteiger partial charge in [0.2, 0.25) is 0 Å². The van der Waals surface area contributed by atoms with Gasteiger partial charge in [0.25, 0.3) is 0 Å². The normalized spacial score (nSPS) is 0. The predicted octanol–water partition coefficient (Wildman–Crippen LogP) is -0.505. The molecular formula is LaOSnWZn+7. The third kappa shape index (κ3) is 18.9. The molecule has 0 aliphatic rings. The van der Waals surface area contributed by atoms with Crippen LogP contribution in [-0.2, 0) is 46.0 Å². The molecule has 5 heavy (non-hydrogen) atoms. The Kier molecular flexibility index (Phi) is 219. The summed E-state index contributed by atoms with van der Waals surface area (Å²) in [5.41, 5.74) is 0. The molecule has 0 spiro atoms. The second-order valence-electron chi connectivity index (χ2n) is 0. The molecule has 0 saturated heterocycles. The average molecular weight is 523 g/mol. The van der Waals surface area contributed by atoms with Gasteiger partial charge in [0.05, 0.1) is 0 Å². The topological polar surface area (TPSA) is 28.5 Å². The summed E-state index contributed by atoms with van der Waals surface area (Å²) < 4.78 is 0. The van der Waals surface area contributed by atoms with E-state index < -0.39 is 0 Å². The Bertz CT molecular complexity index is 11.6. The molecule has 0 saturated carbocycles. The quantitative estimate of drug-likeness (QED) is 0.384. The fourth-order valence-corrected chi connectivity index (χ4v) is 0. The first-order valence-corrected chi connectivity index (χ1v) is 0. The van der Waals surface area contributed by atoms with Crippen LogP contribution >= 0.6 is 0 Å². The molecule has 0 aliphatic heterocycles. The van der Waals surface area contributed by atoms with Gasteiger partial charge >= 0.3 is 79.0 Å². The third-order valence-electron chi connectivity index (χ3n) is 0. The van der Waals surface area contributed by atoms with E-state index in [0.717, 1.165) is 0 Å². The van der Waals surface area contributed by atoms with Crippen molar-refractivity contribution in [3.63, 3.8) is 0 Å². The molecular weight excluding hydrogens is 523 g/mol. The van der Waals surface area contributed by atoms with Crippen molar-refractivity contribution in [1.82, 2.24) is 0 Å². The minimum atomic E-state index is 0. The van der Waals surface area contributed by atoms with E-state index in [-0.39, 0.29) is 106 Å². The zero-order valence-corrected chi connectivity index (χ0v) is 15.0. The van der Waals surface area contributed by atoms with Gasteiger partial charge in [-0.25, -0.2) is 0 Å². The Morgan fingerprint density at radius 2 is 1.00 bits per heavy atom. The van der Waals surface area contributed by atoms with E-state index in [1.807, 2.05) is 0 Å². The van der Waals surface area contributed by atoms with E-state index in [4.69, 9.17) is 0 Å². The summed E-state index contributed by atoms with van der Waals surface area (Å²) in [5, 5.41) is 0. The molecule has 0 N–H and O–H groups in total. The zero-order chi connectivity index (χ0) is 0. The largest absolute Gasteiger partial charge is 4.00 e. The third-order valence-corrected chi connectivity index (χ3v) is 0. The average Bonchev–Trinajstić information content (AvgIpc) is 0. The first-order chi connectivity index (χ1) is 0. The van der Waals surface area contributed by atoms with Crippen molar-refractivity contribution in [3.05, 3.63) is 0 Å². The van der Waals surface area contributed by atoms with Crippen LogP contribution in [0.5, 0.6) is 0 Å². The van der Waals surface area contributed by atoms with E-state index in [9.17, 15) is 0 Å². The summed E-state index contributed by atoms with van der Waals surface area (Å²) in [6.07, 6.45) is 0. The van der Waals surface area contributed by atoms with Crippen LogP contribution in [0.1, 0.15) is 0 Å². The maximum absolute atomic E-state index is 0. The van der Waals surface area contributed by atoms with Gasteiger partial charge in [-0.15, -0.1) is 0 Å². The van der Waals surface area contributed by atoms with Crippen molar-refractivity contribution in [2.75, 3.05) is 0 Å². The van der Waals surface area contributed by atoms with Gasteiger partial charge in [0.1, 0.15) is 0 Å². The Balaban J connectivity index is 0. The smallest absolute Gasteiger partial charge is 2.00 e. The van der Waals surface area contributed by atoms with Crippen molar-refractivity contribution in [3.8, 4) is 0 Å². The van der Waals surface area contributed by atoms with E-state index in [0.29, 0.717) is 0 Å². The van der Waals surface area contributed by atoms with Crippen LogP contribution in [0.2, 0.25) is 0 Å². The van der Waals surface area contributed by atoms with Gasteiger partial charge in [-0.1, -0.05) is 0 Å². The molecule has 0 aromatic carbocycles. The number of rotatable bonds is 0. The molecule has 0 rings (SSSR count). The minimum Gasteiger partial charge on any atom is -2.00 e. The van der Waals surface area contributed by atoms with Crippen LogP contribution in [0.25, 0.3) is 0 Å². The molecule has 0 aromatic rings. The van der Waals surface area contributed by atoms with Crippen LogP contribution in [-0.4, -0.2) is 23.9 Å². The van der Waals surface area contributed by atoms with E-state index >= 15 is 0 Å². The summed E-state index contributed by atoms with van der Waals surface area (Å²) in [4.78, 5) is 0. The van der Waals surface area contributed by atoms with Crippen molar-refractivity contribution in [1.29, 1.82) is 0 Å². The van der Waals surface area contributed by atoms with E-state index in [1.165, 1.54) is 0 Å². The van der Waals surface area contributed by atoms with Crippen molar-refractivity contribution in [2.24, 2.45) is 0 Å². The fraction of sp³-hybridized carbons (Fsp3) is 0. The summed E-state index contributed by atoms with van der Waals surface area (Å²) in [6, 6.07) is 0. The van der Waals surface area contributed by atoms with Crippen molar-refractivity contribution < 1.29 is 81.6 Å². The SMILES string of the molecule is [La+3].[O-2].[Sn+4].[W].[Zn+2]. The fourth-order valence-electron chi connectivity index (χ4n) is 0. The molecule has 0 amide bonds. The van der Waals surface area contributed by atoms with Crippen LogP contribution < -0.4 is 0 Å². The number of hydrogen-bond donors (Lipinski definition) is 0. The molecule has 0 atom stereocenters. The zero-order valence-electron chi connectivity index (χ0n) is 2.60. The van der Waals surface area contributed by atoms with Gasteiger partial charge in [-0.2, -0.15) is 0 Å². The summed E-state index contributed by atoms with van der Waals surface area (Å²) in [6.45, 7) is 0. The molecule has 0 unspecified atom stereocenters. The molecule has 0 fully saturated rings. The van der Waals surface area contributed by atoms with Crippen molar-refractivity contribution >= 4 is 23.9 Å². The molecule has 0 aliphatic carbocycles.